The quantitative estimate of drug-likeness (QED) is 0.774. The van der Waals surface area contributed by atoms with Crippen molar-refractivity contribution in [3.05, 3.63) is 29.6 Å². The van der Waals surface area contributed by atoms with Crippen molar-refractivity contribution in [2.24, 2.45) is 0 Å². The van der Waals surface area contributed by atoms with Crippen LogP contribution in [0.2, 0.25) is 0 Å². The zero-order valence-corrected chi connectivity index (χ0v) is 16.1. The predicted octanol–water partition coefficient (Wildman–Crippen LogP) is 1.06. The van der Waals surface area contributed by atoms with Gasteiger partial charge >= 0.3 is 0 Å². The molecule has 1 aromatic carbocycles. The molecule has 2 aliphatic heterocycles. The van der Waals surface area contributed by atoms with E-state index < -0.39 is 26.6 Å². The molecule has 1 aromatic rings. The SMILES string of the molecule is O=C(NCCN1CCOCC1)c1ccc(F)c(S(=O)(=O)N2CCCCC2)c1. The van der Waals surface area contributed by atoms with E-state index in [0.717, 1.165) is 44.5 Å². The van der Waals surface area contributed by atoms with E-state index in [1.807, 2.05) is 0 Å². The highest BCUT2D eigenvalue weighted by Crippen LogP contribution is 2.24. The number of nitrogens with zero attached hydrogens (tertiary/aromatic N) is 2. The summed E-state index contributed by atoms with van der Waals surface area (Å²) in [4.78, 5) is 14.1. The van der Waals surface area contributed by atoms with Crippen LogP contribution >= 0.6 is 0 Å². The van der Waals surface area contributed by atoms with E-state index in [1.54, 1.807) is 0 Å². The topological polar surface area (TPSA) is 79.0 Å². The highest BCUT2D eigenvalue weighted by atomic mass is 32.2. The first kappa shape index (κ1) is 20.2. The third-order valence-electron chi connectivity index (χ3n) is 4.94. The fraction of sp³-hybridized carbons (Fsp3) is 0.611. The molecule has 0 bridgehead atoms. The maximum Gasteiger partial charge on any atom is 0.251 e. The van der Waals surface area contributed by atoms with Gasteiger partial charge < -0.3 is 10.1 Å². The van der Waals surface area contributed by atoms with Gasteiger partial charge in [0.15, 0.2) is 0 Å². The van der Waals surface area contributed by atoms with Crippen LogP contribution in [0.25, 0.3) is 0 Å². The average molecular weight is 399 g/mol. The normalized spacial score (nSPS) is 19.7. The number of morpholine rings is 1. The summed E-state index contributed by atoms with van der Waals surface area (Å²) in [5, 5.41) is 2.77. The molecule has 7 nitrogen and oxygen atoms in total. The maximum atomic E-state index is 14.2. The molecule has 2 aliphatic rings. The van der Waals surface area contributed by atoms with Crippen LogP contribution in [0.1, 0.15) is 29.6 Å². The minimum atomic E-state index is -3.93. The molecule has 0 spiro atoms. The van der Waals surface area contributed by atoms with E-state index in [-0.39, 0.29) is 5.56 Å². The molecule has 0 unspecified atom stereocenters. The van der Waals surface area contributed by atoms with Crippen molar-refractivity contribution in [1.82, 2.24) is 14.5 Å². The van der Waals surface area contributed by atoms with E-state index in [1.165, 1.54) is 10.4 Å². The molecule has 0 radical (unpaired) electrons. The Kier molecular flexibility index (Phi) is 6.80. The van der Waals surface area contributed by atoms with Crippen molar-refractivity contribution in [2.75, 3.05) is 52.5 Å². The summed E-state index contributed by atoms with van der Waals surface area (Å²) < 4.78 is 46.3. The highest BCUT2D eigenvalue weighted by Gasteiger charge is 2.29. The molecule has 0 atom stereocenters. The molecule has 0 aromatic heterocycles. The van der Waals surface area contributed by atoms with Gasteiger partial charge in [-0.25, -0.2) is 12.8 Å². The van der Waals surface area contributed by atoms with E-state index in [0.29, 0.717) is 39.4 Å². The standard InChI is InChI=1S/C18H26FN3O4S/c19-16-5-4-15(18(23)20-6-9-21-10-12-26-13-11-21)14-17(16)27(24,25)22-7-2-1-3-8-22/h4-5,14H,1-3,6-13H2,(H,20,23). The molecule has 2 fully saturated rings. The molecule has 27 heavy (non-hydrogen) atoms. The van der Waals surface area contributed by atoms with Gasteiger partial charge in [-0.2, -0.15) is 4.31 Å². The van der Waals surface area contributed by atoms with Crippen molar-refractivity contribution in [3.63, 3.8) is 0 Å². The fourth-order valence-corrected chi connectivity index (χ4v) is 4.95. The molecule has 9 heteroatoms. The minimum Gasteiger partial charge on any atom is -0.379 e. The molecular weight excluding hydrogens is 373 g/mol. The second kappa shape index (κ2) is 9.09. The van der Waals surface area contributed by atoms with Crippen LogP contribution in [0.15, 0.2) is 23.1 Å². The zero-order chi connectivity index (χ0) is 19.3. The van der Waals surface area contributed by atoms with Crippen molar-refractivity contribution < 1.29 is 22.3 Å². The Labute approximate surface area is 159 Å². The van der Waals surface area contributed by atoms with Crippen LogP contribution in [0.5, 0.6) is 0 Å². The van der Waals surface area contributed by atoms with Gasteiger partial charge in [-0.05, 0) is 31.0 Å². The van der Waals surface area contributed by atoms with Crippen LogP contribution in [-0.2, 0) is 14.8 Å². The van der Waals surface area contributed by atoms with Crippen molar-refractivity contribution in [2.45, 2.75) is 24.2 Å². The number of hydrogen-bond donors (Lipinski definition) is 1. The number of sulfonamides is 1. The van der Waals surface area contributed by atoms with Gasteiger partial charge in [-0.15, -0.1) is 0 Å². The summed E-state index contributed by atoms with van der Waals surface area (Å²) in [6.07, 6.45) is 2.51. The number of rotatable bonds is 6. The summed E-state index contributed by atoms with van der Waals surface area (Å²) >= 11 is 0. The smallest absolute Gasteiger partial charge is 0.251 e. The van der Waals surface area contributed by atoms with E-state index in [9.17, 15) is 17.6 Å². The number of hydrogen-bond acceptors (Lipinski definition) is 5. The number of halogens is 1. The monoisotopic (exact) mass is 399 g/mol. The summed E-state index contributed by atoms with van der Waals surface area (Å²) in [6.45, 7) is 4.91. The lowest BCUT2D eigenvalue weighted by atomic mass is 10.2. The molecule has 0 aliphatic carbocycles. The van der Waals surface area contributed by atoms with Crippen LogP contribution in [0, 0.1) is 5.82 Å². The summed E-state index contributed by atoms with van der Waals surface area (Å²) in [7, 11) is -3.93. The maximum absolute atomic E-state index is 14.2. The molecule has 2 heterocycles. The lowest BCUT2D eigenvalue weighted by Gasteiger charge is -2.26. The zero-order valence-electron chi connectivity index (χ0n) is 15.3. The highest BCUT2D eigenvalue weighted by molar-refractivity contribution is 7.89. The first-order chi connectivity index (χ1) is 13.0. The summed E-state index contributed by atoms with van der Waals surface area (Å²) in [5.74, 6) is -1.23. The van der Waals surface area contributed by atoms with Crippen molar-refractivity contribution in [1.29, 1.82) is 0 Å². The van der Waals surface area contributed by atoms with Crippen molar-refractivity contribution in [3.8, 4) is 0 Å². The second-order valence-corrected chi connectivity index (χ2v) is 8.73. The minimum absolute atomic E-state index is 0.147. The van der Waals surface area contributed by atoms with Gasteiger partial charge in [0, 0.05) is 44.8 Å². The molecule has 2 saturated heterocycles. The largest absolute Gasteiger partial charge is 0.379 e. The Morgan fingerprint density at radius 1 is 1.11 bits per heavy atom. The Balaban J connectivity index is 1.65. The van der Waals surface area contributed by atoms with E-state index >= 15 is 0 Å². The Bertz CT molecular complexity index is 760. The van der Waals surface area contributed by atoms with E-state index in [2.05, 4.69) is 10.2 Å². The predicted molar refractivity (Wildman–Crippen MR) is 98.6 cm³/mol. The molecule has 3 rings (SSSR count). The number of ether oxygens (including phenoxy) is 1. The van der Waals surface area contributed by atoms with Gasteiger partial charge in [0.25, 0.3) is 5.91 Å². The Morgan fingerprint density at radius 3 is 2.52 bits per heavy atom. The number of amides is 1. The second-order valence-electron chi connectivity index (χ2n) is 6.82. The molecule has 1 amide bonds. The van der Waals surface area contributed by atoms with Gasteiger partial charge in [0.1, 0.15) is 10.7 Å². The summed E-state index contributed by atoms with van der Waals surface area (Å²) in [6, 6.07) is 3.51. The van der Waals surface area contributed by atoms with Gasteiger partial charge in [0.2, 0.25) is 10.0 Å². The molecule has 1 N–H and O–H groups in total. The van der Waals surface area contributed by atoms with Gasteiger partial charge in [-0.1, -0.05) is 6.42 Å². The van der Waals surface area contributed by atoms with Gasteiger partial charge in [-0.3, -0.25) is 9.69 Å². The fourth-order valence-electron chi connectivity index (χ4n) is 3.34. The third-order valence-corrected chi connectivity index (χ3v) is 6.86. The molecular formula is C18H26FN3O4S. The lowest BCUT2D eigenvalue weighted by Crippen LogP contribution is -2.41. The number of carbonyl (C=O) groups is 1. The first-order valence-corrected chi connectivity index (χ1v) is 10.8. The van der Waals surface area contributed by atoms with Crippen LogP contribution in [0.3, 0.4) is 0 Å². The van der Waals surface area contributed by atoms with Crippen LogP contribution in [-0.4, -0.2) is 76.0 Å². The third kappa shape index (κ3) is 5.04. The van der Waals surface area contributed by atoms with E-state index in [4.69, 9.17) is 4.74 Å². The average Bonchev–Trinajstić information content (AvgIpc) is 2.69. The number of piperidine rings is 1. The lowest BCUT2D eigenvalue weighted by molar-refractivity contribution is 0.0383. The molecule has 0 saturated carbocycles. The number of carbonyl (C=O) groups excluding carboxylic acids is 1. The Hall–Kier alpha value is -1.55. The molecule has 150 valence electrons. The van der Waals surface area contributed by atoms with Gasteiger partial charge in [0.05, 0.1) is 13.2 Å². The Morgan fingerprint density at radius 2 is 1.81 bits per heavy atom. The van der Waals surface area contributed by atoms with Crippen LogP contribution in [0.4, 0.5) is 4.39 Å². The summed E-state index contributed by atoms with van der Waals surface area (Å²) in [5.41, 5.74) is 0.147. The first-order valence-electron chi connectivity index (χ1n) is 9.36. The number of nitrogens with one attached hydrogen (secondary N) is 1. The number of benzene rings is 1. The van der Waals surface area contributed by atoms with Crippen molar-refractivity contribution >= 4 is 15.9 Å². The van der Waals surface area contributed by atoms with Crippen LogP contribution < -0.4 is 5.32 Å².